The molecule has 0 aliphatic heterocycles. The maximum atomic E-state index is 13.9. The fraction of sp³-hybridized carbons (Fsp3) is 0.238. The predicted octanol–water partition coefficient (Wildman–Crippen LogP) is 14.7. The summed E-state index contributed by atoms with van der Waals surface area (Å²) in [7, 11) is -11.5. The first-order valence-corrected chi connectivity index (χ1v) is 30.1. The Balaban J connectivity index is 1.46. The third kappa shape index (κ3) is 13.7. The molecule has 75 heavy (non-hydrogen) atoms. The highest BCUT2D eigenvalue weighted by Crippen LogP contribution is 2.38. The highest BCUT2D eigenvalue weighted by atomic mass is 35.5. The van der Waals surface area contributed by atoms with Gasteiger partial charge in [-0.3, -0.25) is 0 Å². The van der Waals surface area contributed by atoms with Crippen LogP contribution >= 0.6 is 34.8 Å². The second-order valence-corrected chi connectivity index (χ2v) is 28.5. The van der Waals surface area contributed by atoms with E-state index >= 15 is 0 Å². The lowest BCUT2D eigenvalue weighted by molar-refractivity contribution is 0.587. The van der Waals surface area contributed by atoms with Gasteiger partial charge < -0.3 is 0 Å². The van der Waals surface area contributed by atoms with Crippen LogP contribution in [0.25, 0.3) is 0 Å². The molecule has 0 unspecified atom stereocenters. The lowest BCUT2D eigenvalue weighted by Gasteiger charge is -2.20. The molecule has 0 bridgehead atoms. The lowest BCUT2D eigenvalue weighted by Crippen LogP contribution is -2.13. The Morgan fingerprint density at radius 2 is 0.560 bits per heavy atom. The Kier molecular flexibility index (Phi) is 16.8. The molecule has 7 aromatic rings. The van der Waals surface area contributed by atoms with Gasteiger partial charge >= 0.3 is 0 Å². The van der Waals surface area contributed by atoms with E-state index in [9.17, 15) is 25.3 Å². The van der Waals surface area contributed by atoms with Crippen molar-refractivity contribution in [1.29, 1.82) is 0 Å². The van der Waals surface area contributed by atoms with E-state index in [0.717, 1.165) is 16.7 Å². The van der Waals surface area contributed by atoms with Crippen LogP contribution in [0, 0.1) is 35.5 Å². The normalized spacial score (nSPS) is 12.2. The standard InChI is InChI=1S/C63H57Cl3O6S3/c1-61(2,3)49-31-25-43(46(37-49)40-73(67,68)52-19-13-10-14-20-52)28-34-55-58(64)56(35-29-44-26-32-50(62(4,5)6)38-47(44)41-74(69,70)53-21-15-11-16-22-53)60(66)57(59(55)65)36-30-45-27-33-51(63(7,8)9)39-48(45)42-75(71,72)54-23-17-12-18-24-54/h10-27,31-33,37-39H,40-42H2,1-9H3. The van der Waals surface area contributed by atoms with E-state index in [0.29, 0.717) is 33.4 Å². The first-order valence-electron chi connectivity index (χ1n) is 24.1. The molecule has 0 aromatic heterocycles. The van der Waals surface area contributed by atoms with Gasteiger partial charge in [-0.1, -0.05) is 224 Å². The third-order valence-corrected chi connectivity index (χ3v) is 18.7. The molecule has 7 rings (SSSR count). The summed E-state index contributed by atoms with van der Waals surface area (Å²) in [4.78, 5) is 0.508. The summed E-state index contributed by atoms with van der Waals surface area (Å²) in [5, 5.41) is -0.0576. The Labute approximate surface area is 459 Å². The summed E-state index contributed by atoms with van der Waals surface area (Å²) in [6, 6.07) is 41.2. The van der Waals surface area contributed by atoms with Crippen LogP contribution in [0.1, 0.15) is 129 Å². The largest absolute Gasteiger partial charge is 0.223 e. The quantitative estimate of drug-likeness (QED) is 0.133. The maximum absolute atomic E-state index is 13.9. The Morgan fingerprint density at radius 1 is 0.333 bits per heavy atom. The van der Waals surface area contributed by atoms with Crippen LogP contribution in [0.4, 0.5) is 0 Å². The van der Waals surface area contributed by atoms with Crippen molar-refractivity contribution < 1.29 is 25.3 Å². The van der Waals surface area contributed by atoms with Gasteiger partial charge in [-0.05, 0) is 104 Å². The predicted molar refractivity (Wildman–Crippen MR) is 307 cm³/mol. The minimum atomic E-state index is -3.82. The monoisotopic (exact) mass is 1110 g/mol. The van der Waals surface area contributed by atoms with Crippen molar-refractivity contribution in [2.24, 2.45) is 0 Å². The van der Waals surface area contributed by atoms with Gasteiger partial charge in [0, 0.05) is 16.7 Å². The molecule has 0 heterocycles. The summed E-state index contributed by atoms with van der Waals surface area (Å²) in [5.41, 5.74) is 4.67. The molecular formula is C63H57Cl3O6S3. The second kappa shape index (κ2) is 22.3. The zero-order chi connectivity index (χ0) is 54.7. The molecule has 7 aromatic carbocycles. The maximum Gasteiger partial charge on any atom is 0.182 e. The Hall–Kier alpha value is -6.06. The van der Waals surface area contributed by atoms with Crippen LogP contribution in [-0.2, 0) is 63.0 Å². The third-order valence-electron chi connectivity index (χ3n) is 12.5. The fourth-order valence-corrected chi connectivity index (χ4v) is 13.2. The zero-order valence-corrected chi connectivity index (χ0v) is 48.0. The molecule has 0 N–H and O–H groups in total. The van der Waals surface area contributed by atoms with Crippen LogP contribution in [0.5, 0.6) is 0 Å². The number of hydrogen-bond donors (Lipinski definition) is 0. The van der Waals surface area contributed by atoms with Gasteiger partial charge in [-0.2, -0.15) is 0 Å². The van der Waals surface area contributed by atoms with E-state index in [1.54, 1.807) is 109 Å². The van der Waals surface area contributed by atoms with Gasteiger partial charge in [-0.25, -0.2) is 25.3 Å². The van der Waals surface area contributed by atoms with Crippen LogP contribution in [-0.4, -0.2) is 25.3 Å². The summed E-state index contributed by atoms with van der Waals surface area (Å²) >= 11 is 21.9. The fourth-order valence-electron chi connectivity index (χ4n) is 8.04. The summed E-state index contributed by atoms with van der Waals surface area (Å²) in [5.74, 6) is 17.9. The number of hydrogen-bond acceptors (Lipinski definition) is 6. The SMILES string of the molecule is CC(C)(C)c1ccc(C#Cc2c(Cl)c(C#Cc3ccc(C(C)(C)C)cc3CS(=O)(=O)c3ccccc3)c(Cl)c(C#Cc3ccc(C(C)(C)C)cc3CS(=O)(=O)c3ccccc3)c2Cl)c(CS(=O)(=O)c2ccccc2)c1. The molecule has 6 nitrogen and oxygen atoms in total. The molecule has 0 saturated carbocycles. The van der Waals surface area contributed by atoms with Crippen LogP contribution in [0.15, 0.2) is 160 Å². The molecule has 0 atom stereocenters. The second-order valence-electron chi connectivity index (χ2n) is 21.4. The van der Waals surface area contributed by atoms with Gasteiger partial charge in [-0.15, -0.1) is 0 Å². The van der Waals surface area contributed by atoms with Crippen molar-refractivity contribution in [3.63, 3.8) is 0 Å². The van der Waals surface area contributed by atoms with E-state index < -0.39 is 29.5 Å². The molecule has 0 fully saturated rings. The highest BCUT2D eigenvalue weighted by Gasteiger charge is 2.25. The van der Waals surface area contributed by atoms with Gasteiger partial charge in [0.1, 0.15) is 0 Å². The van der Waals surface area contributed by atoms with Gasteiger partial charge in [0.25, 0.3) is 0 Å². The van der Waals surface area contributed by atoms with Crippen molar-refractivity contribution in [1.82, 2.24) is 0 Å². The Bertz CT molecular complexity index is 3450. The first-order chi connectivity index (χ1) is 35.0. The van der Waals surface area contributed by atoms with E-state index in [4.69, 9.17) is 34.8 Å². The first kappa shape index (κ1) is 56.7. The topological polar surface area (TPSA) is 102 Å². The van der Waals surface area contributed by atoms with E-state index in [1.165, 1.54) is 0 Å². The van der Waals surface area contributed by atoms with E-state index in [-0.39, 0.29) is 79.9 Å². The lowest BCUT2D eigenvalue weighted by atomic mass is 9.85. The van der Waals surface area contributed by atoms with Crippen molar-refractivity contribution in [2.45, 2.75) is 111 Å². The van der Waals surface area contributed by atoms with Gasteiger partial charge in [0.2, 0.25) is 0 Å². The summed E-state index contributed by atoms with van der Waals surface area (Å²) in [6.45, 7) is 18.3. The smallest absolute Gasteiger partial charge is 0.182 e. The number of halogens is 3. The van der Waals surface area contributed by atoms with Crippen molar-refractivity contribution in [3.05, 3.63) is 227 Å². The molecule has 0 saturated heterocycles. The summed E-state index contributed by atoms with van der Waals surface area (Å²) < 4.78 is 83.3. The van der Waals surface area contributed by atoms with Crippen molar-refractivity contribution >= 4 is 64.3 Å². The molecule has 0 radical (unpaired) electrons. The molecule has 0 aliphatic carbocycles. The average Bonchev–Trinajstić information content (AvgIpc) is 3.34. The molecule has 0 aliphatic rings. The molecule has 384 valence electrons. The van der Waals surface area contributed by atoms with Crippen LogP contribution < -0.4 is 0 Å². The zero-order valence-electron chi connectivity index (χ0n) is 43.3. The highest BCUT2D eigenvalue weighted by molar-refractivity contribution is 7.91. The Morgan fingerprint density at radius 3 is 0.773 bits per heavy atom. The average molecular weight is 1110 g/mol. The molecule has 0 spiro atoms. The minimum absolute atomic E-state index is 0.0192. The molecular weight excluding hydrogens is 1060 g/mol. The number of rotatable bonds is 9. The molecule has 0 amide bonds. The molecule has 12 heteroatoms. The van der Waals surface area contributed by atoms with Crippen LogP contribution in [0.2, 0.25) is 15.1 Å². The summed E-state index contributed by atoms with van der Waals surface area (Å²) in [6.07, 6.45) is 0. The van der Waals surface area contributed by atoms with Crippen LogP contribution in [0.3, 0.4) is 0 Å². The van der Waals surface area contributed by atoms with Gasteiger partial charge in [0.15, 0.2) is 29.5 Å². The van der Waals surface area contributed by atoms with E-state index in [1.807, 2.05) is 98.7 Å². The van der Waals surface area contributed by atoms with Gasteiger partial charge in [0.05, 0.1) is 63.7 Å². The van der Waals surface area contributed by atoms with E-state index in [2.05, 4.69) is 35.5 Å². The number of benzene rings is 7. The van der Waals surface area contributed by atoms with Crippen molar-refractivity contribution in [2.75, 3.05) is 0 Å². The minimum Gasteiger partial charge on any atom is -0.223 e. The number of sulfone groups is 3. The van der Waals surface area contributed by atoms with Crippen molar-refractivity contribution in [3.8, 4) is 35.5 Å².